The summed E-state index contributed by atoms with van der Waals surface area (Å²) >= 11 is 0. The van der Waals surface area contributed by atoms with Crippen LogP contribution in [-0.2, 0) is 24.5 Å². The number of anilines is 1. The van der Waals surface area contributed by atoms with Crippen LogP contribution in [0.1, 0.15) is 16.7 Å². The van der Waals surface area contributed by atoms with Crippen LogP contribution in [0.3, 0.4) is 0 Å². The fourth-order valence-corrected chi connectivity index (χ4v) is 2.74. The number of hydrogen-bond acceptors (Lipinski definition) is 3. The van der Waals surface area contributed by atoms with Crippen molar-refractivity contribution in [3.63, 3.8) is 0 Å². The van der Waals surface area contributed by atoms with Crippen molar-refractivity contribution in [2.75, 3.05) is 12.4 Å². The van der Waals surface area contributed by atoms with Gasteiger partial charge in [-0.1, -0.05) is 42.5 Å². The van der Waals surface area contributed by atoms with Gasteiger partial charge in [-0.3, -0.25) is 0 Å². The first-order valence-corrected chi connectivity index (χ1v) is 9.22. The number of nitrogens with one attached hydrogen (secondary N) is 2. The lowest BCUT2D eigenvalue weighted by atomic mass is 10.2. The fraction of sp³-hybridized carbons (Fsp3) is 0.174. The Balaban J connectivity index is 1.47. The van der Waals surface area contributed by atoms with Crippen molar-refractivity contribution in [1.29, 1.82) is 0 Å². The monoisotopic (exact) mass is 394 g/mol. The number of carbonyl (C=O) groups is 1. The van der Waals surface area contributed by atoms with E-state index in [-0.39, 0.29) is 12.4 Å². The van der Waals surface area contributed by atoms with Crippen LogP contribution in [0.25, 0.3) is 0 Å². The van der Waals surface area contributed by atoms with E-state index < -0.39 is 6.03 Å². The first-order chi connectivity index (χ1) is 14.1. The van der Waals surface area contributed by atoms with Gasteiger partial charge in [-0.05, 0) is 41.5 Å². The zero-order valence-corrected chi connectivity index (χ0v) is 16.2. The summed E-state index contributed by atoms with van der Waals surface area (Å²) in [5.41, 5.74) is 3.06. The number of rotatable bonds is 8. The summed E-state index contributed by atoms with van der Waals surface area (Å²) in [4.78, 5) is 12.1. The number of methoxy groups -OCH3 is 1. The first-order valence-electron chi connectivity index (χ1n) is 9.22. The molecule has 2 N–H and O–H groups in total. The second-order valence-electron chi connectivity index (χ2n) is 6.44. The molecule has 2 amide bonds. The van der Waals surface area contributed by atoms with Crippen molar-refractivity contribution >= 4 is 11.7 Å². The Morgan fingerprint density at radius 1 is 0.931 bits per heavy atom. The summed E-state index contributed by atoms with van der Waals surface area (Å²) in [6.45, 7) is 1.01. The molecule has 150 valence electrons. The fourth-order valence-electron chi connectivity index (χ4n) is 2.74. The lowest BCUT2D eigenvalue weighted by molar-refractivity contribution is 0.107. The summed E-state index contributed by atoms with van der Waals surface area (Å²) in [5, 5.41) is 5.40. The van der Waals surface area contributed by atoms with Gasteiger partial charge in [-0.25, -0.2) is 9.18 Å². The lowest BCUT2D eigenvalue weighted by Gasteiger charge is -2.10. The van der Waals surface area contributed by atoms with E-state index in [4.69, 9.17) is 9.47 Å². The summed E-state index contributed by atoms with van der Waals surface area (Å²) in [5.74, 6) is 0.463. The van der Waals surface area contributed by atoms with Gasteiger partial charge in [-0.15, -0.1) is 0 Å². The highest BCUT2D eigenvalue weighted by Gasteiger charge is 2.05. The maximum absolute atomic E-state index is 13.6. The molecule has 0 unspecified atom stereocenters. The average molecular weight is 394 g/mol. The molecule has 0 bridgehead atoms. The number of ether oxygens (including phenoxy) is 2. The SMILES string of the molecule is COc1ccc(COCc2cccc(NC(=O)NCc3ccccc3F)c2)cc1. The van der Waals surface area contributed by atoms with Crippen LogP contribution in [0.15, 0.2) is 72.8 Å². The van der Waals surface area contributed by atoms with Crippen molar-refractivity contribution in [1.82, 2.24) is 5.32 Å². The molecule has 6 heteroatoms. The quantitative estimate of drug-likeness (QED) is 0.573. The van der Waals surface area contributed by atoms with E-state index in [1.165, 1.54) is 6.07 Å². The number of carbonyl (C=O) groups excluding carboxylic acids is 1. The van der Waals surface area contributed by atoms with Crippen LogP contribution >= 0.6 is 0 Å². The molecular weight excluding hydrogens is 371 g/mol. The third kappa shape index (κ3) is 6.33. The Kier molecular flexibility index (Phi) is 7.19. The second kappa shape index (κ2) is 10.2. The molecule has 0 aliphatic heterocycles. The predicted molar refractivity (Wildman–Crippen MR) is 110 cm³/mol. The minimum Gasteiger partial charge on any atom is -0.497 e. The van der Waals surface area contributed by atoms with Gasteiger partial charge in [0.05, 0.1) is 20.3 Å². The molecule has 3 aromatic carbocycles. The van der Waals surface area contributed by atoms with E-state index >= 15 is 0 Å². The molecule has 3 aromatic rings. The molecule has 0 aliphatic rings. The van der Waals surface area contributed by atoms with E-state index in [2.05, 4.69) is 10.6 Å². The highest BCUT2D eigenvalue weighted by Crippen LogP contribution is 2.15. The van der Waals surface area contributed by atoms with Crippen LogP contribution in [-0.4, -0.2) is 13.1 Å². The molecular formula is C23H23FN2O3. The highest BCUT2D eigenvalue weighted by molar-refractivity contribution is 5.89. The van der Waals surface area contributed by atoms with E-state index in [1.807, 2.05) is 42.5 Å². The number of hydrogen-bond donors (Lipinski definition) is 2. The van der Waals surface area contributed by atoms with Gasteiger partial charge in [0.1, 0.15) is 11.6 Å². The maximum Gasteiger partial charge on any atom is 0.319 e. The molecule has 5 nitrogen and oxygen atoms in total. The van der Waals surface area contributed by atoms with Crippen molar-refractivity contribution < 1.29 is 18.7 Å². The van der Waals surface area contributed by atoms with Gasteiger partial charge in [0, 0.05) is 17.8 Å². The van der Waals surface area contributed by atoms with Crippen molar-refractivity contribution in [3.05, 3.63) is 95.3 Å². The predicted octanol–water partition coefficient (Wildman–Crippen LogP) is 4.87. The van der Waals surface area contributed by atoms with Gasteiger partial charge in [0.2, 0.25) is 0 Å². The van der Waals surface area contributed by atoms with Gasteiger partial charge in [0.15, 0.2) is 0 Å². The Bertz CT molecular complexity index is 945. The zero-order valence-electron chi connectivity index (χ0n) is 16.2. The lowest BCUT2D eigenvalue weighted by Crippen LogP contribution is -2.28. The largest absolute Gasteiger partial charge is 0.497 e. The van der Waals surface area contributed by atoms with E-state index in [0.29, 0.717) is 24.5 Å². The second-order valence-corrected chi connectivity index (χ2v) is 6.44. The van der Waals surface area contributed by atoms with Crippen LogP contribution in [0.2, 0.25) is 0 Å². The average Bonchev–Trinajstić information content (AvgIpc) is 2.74. The summed E-state index contributed by atoms with van der Waals surface area (Å²) < 4.78 is 24.5. The smallest absolute Gasteiger partial charge is 0.319 e. The van der Waals surface area contributed by atoms with Crippen molar-refractivity contribution in [2.24, 2.45) is 0 Å². The topological polar surface area (TPSA) is 59.6 Å². The van der Waals surface area contributed by atoms with Crippen LogP contribution in [0.5, 0.6) is 5.75 Å². The van der Waals surface area contributed by atoms with E-state index in [0.717, 1.165) is 16.9 Å². The molecule has 0 saturated heterocycles. The normalized spacial score (nSPS) is 10.4. The molecule has 0 aliphatic carbocycles. The molecule has 3 rings (SSSR count). The number of amides is 2. The number of urea groups is 1. The minimum absolute atomic E-state index is 0.114. The van der Waals surface area contributed by atoms with Gasteiger partial charge >= 0.3 is 6.03 Å². The number of halogens is 1. The highest BCUT2D eigenvalue weighted by atomic mass is 19.1. The van der Waals surface area contributed by atoms with Gasteiger partial charge in [-0.2, -0.15) is 0 Å². The van der Waals surface area contributed by atoms with Gasteiger partial charge in [0.25, 0.3) is 0 Å². The standard InChI is InChI=1S/C23H23FN2O3/c1-28-21-11-9-17(10-12-21)15-29-16-18-5-4-7-20(13-18)26-23(27)25-14-19-6-2-3-8-22(19)24/h2-13H,14-16H2,1H3,(H2,25,26,27). The van der Waals surface area contributed by atoms with E-state index in [1.54, 1.807) is 31.4 Å². The molecule has 0 heterocycles. The Morgan fingerprint density at radius 3 is 2.45 bits per heavy atom. The summed E-state index contributed by atoms with van der Waals surface area (Å²) in [7, 11) is 1.63. The molecule has 0 radical (unpaired) electrons. The molecule has 0 fully saturated rings. The zero-order chi connectivity index (χ0) is 20.5. The van der Waals surface area contributed by atoms with Gasteiger partial charge < -0.3 is 20.1 Å². The van der Waals surface area contributed by atoms with Crippen LogP contribution in [0.4, 0.5) is 14.9 Å². The maximum atomic E-state index is 13.6. The van der Waals surface area contributed by atoms with Crippen LogP contribution in [0, 0.1) is 5.82 Å². The molecule has 0 atom stereocenters. The summed E-state index contributed by atoms with van der Waals surface area (Å²) in [6, 6.07) is 21.0. The van der Waals surface area contributed by atoms with Crippen LogP contribution < -0.4 is 15.4 Å². The third-order valence-electron chi connectivity index (χ3n) is 4.28. The Hall–Kier alpha value is -3.38. The molecule has 0 saturated carbocycles. The Morgan fingerprint density at radius 2 is 1.69 bits per heavy atom. The Labute approximate surface area is 169 Å². The number of benzene rings is 3. The first kappa shape index (κ1) is 20.4. The molecule has 0 spiro atoms. The van der Waals surface area contributed by atoms with E-state index in [9.17, 15) is 9.18 Å². The summed E-state index contributed by atoms with van der Waals surface area (Å²) in [6.07, 6.45) is 0. The minimum atomic E-state index is -0.399. The molecule has 0 aromatic heterocycles. The third-order valence-corrected chi connectivity index (χ3v) is 4.28. The molecule has 29 heavy (non-hydrogen) atoms. The van der Waals surface area contributed by atoms with Crippen molar-refractivity contribution in [3.8, 4) is 5.75 Å². The van der Waals surface area contributed by atoms with Crippen molar-refractivity contribution in [2.45, 2.75) is 19.8 Å².